The second-order valence-electron chi connectivity index (χ2n) is 6.32. The Labute approximate surface area is 156 Å². The molecule has 2 heterocycles. The Morgan fingerprint density at radius 1 is 1.15 bits per heavy atom. The number of rotatable bonds is 6. The number of thiophene rings is 1. The Balaban J connectivity index is 1.57. The van der Waals surface area contributed by atoms with E-state index >= 15 is 0 Å². The van der Waals surface area contributed by atoms with Crippen LogP contribution >= 0.6 is 11.3 Å². The zero-order valence-electron chi connectivity index (χ0n) is 14.8. The first-order valence-corrected chi connectivity index (χ1v) is 9.50. The molecule has 0 aliphatic heterocycles. The summed E-state index contributed by atoms with van der Waals surface area (Å²) in [6.07, 6.45) is 1.90. The number of aromatic amines is 1. The van der Waals surface area contributed by atoms with Crippen molar-refractivity contribution in [3.8, 4) is 17.0 Å². The lowest BCUT2D eigenvalue weighted by Gasteiger charge is -2.12. The van der Waals surface area contributed by atoms with Gasteiger partial charge in [0.15, 0.2) is 0 Å². The first-order chi connectivity index (χ1) is 12.7. The second kappa shape index (κ2) is 7.32. The number of methoxy groups -OCH3 is 1. The van der Waals surface area contributed by atoms with Crippen LogP contribution in [0.4, 0.5) is 0 Å². The van der Waals surface area contributed by atoms with Crippen molar-refractivity contribution in [3.05, 3.63) is 70.5 Å². The van der Waals surface area contributed by atoms with Crippen LogP contribution < -0.4 is 10.1 Å². The first kappa shape index (κ1) is 16.8. The second-order valence-corrected chi connectivity index (χ2v) is 7.30. The van der Waals surface area contributed by atoms with E-state index in [-0.39, 0.29) is 0 Å². The van der Waals surface area contributed by atoms with Gasteiger partial charge in [0.1, 0.15) is 5.75 Å². The third-order valence-corrected chi connectivity index (χ3v) is 5.68. The topological polar surface area (TPSA) is 49.9 Å². The minimum absolute atomic E-state index is 0.321. The molecule has 0 saturated heterocycles. The molecule has 2 aromatic carbocycles. The number of aromatic nitrogens is 2. The summed E-state index contributed by atoms with van der Waals surface area (Å²) < 4.78 is 5.31. The molecule has 4 aromatic rings. The summed E-state index contributed by atoms with van der Waals surface area (Å²) in [6.45, 7) is 2.96. The standard InChI is InChI=1S/C21H21N3OS/c1-14(20-4-3-9-26-20)22-12-18-13-23-24-21(18)17-6-5-16-11-19(25-2)8-7-15(16)10-17/h3-11,13-14,22H,12H2,1-2H3,(H,23,24). The molecule has 2 aromatic heterocycles. The predicted octanol–water partition coefficient (Wildman–Crippen LogP) is 5.15. The van der Waals surface area contributed by atoms with Crippen molar-refractivity contribution in [1.29, 1.82) is 0 Å². The van der Waals surface area contributed by atoms with Crippen LogP contribution in [0.5, 0.6) is 5.75 Å². The molecular weight excluding hydrogens is 342 g/mol. The van der Waals surface area contributed by atoms with Crippen molar-refractivity contribution in [2.75, 3.05) is 7.11 Å². The van der Waals surface area contributed by atoms with Crippen molar-refractivity contribution >= 4 is 22.1 Å². The molecule has 0 aliphatic carbocycles. The first-order valence-electron chi connectivity index (χ1n) is 8.62. The molecule has 0 bridgehead atoms. The lowest BCUT2D eigenvalue weighted by atomic mass is 10.0. The minimum atomic E-state index is 0.321. The summed E-state index contributed by atoms with van der Waals surface area (Å²) in [5, 5.41) is 15.5. The van der Waals surface area contributed by atoms with Gasteiger partial charge in [0.25, 0.3) is 0 Å². The molecule has 1 atom stereocenters. The van der Waals surface area contributed by atoms with E-state index in [0.29, 0.717) is 6.04 Å². The van der Waals surface area contributed by atoms with Gasteiger partial charge in [-0.15, -0.1) is 11.3 Å². The van der Waals surface area contributed by atoms with E-state index in [1.807, 2.05) is 12.3 Å². The van der Waals surface area contributed by atoms with Crippen molar-refractivity contribution in [2.45, 2.75) is 19.5 Å². The number of nitrogens with zero attached hydrogens (tertiary/aromatic N) is 1. The Bertz CT molecular complexity index is 1010. The van der Waals surface area contributed by atoms with E-state index in [9.17, 15) is 0 Å². The van der Waals surface area contributed by atoms with E-state index in [1.54, 1.807) is 18.4 Å². The fraction of sp³-hybridized carbons (Fsp3) is 0.190. The van der Waals surface area contributed by atoms with Crippen LogP contribution in [0.15, 0.2) is 60.1 Å². The third kappa shape index (κ3) is 3.36. The van der Waals surface area contributed by atoms with E-state index in [0.717, 1.165) is 23.6 Å². The van der Waals surface area contributed by atoms with Crippen LogP contribution in [0, 0.1) is 0 Å². The van der Waals surface area contributed by atoms with Gasteiger partial charge in [-0.25, -0.2) is 0 Å². The number of ether oxygens (including phenoxy) is 1. The Kier molecular flexibility index (Phi) is 4.73. The van der Waals surface area contributed by atoms with Crippen molar-refractivity contribution in [2.24, 2.45) is 0 Å². The smallest absolute Gasteiger partial charge is 0.119 e. The highest BCUT2D eigenvalue weighted by Crippen LogP contribution is 2.28. The summed E-state index contributed by atoms with van der Waals surface area (Å²) >= 11 is 1.78. The molecule has 132 valence electrons. The zero-order valence-corrected chi connectivity index (χ0v) is 15.6. The van der Waals surface area contributed by atoms with E-state index in [4.69, 9.17) is 4.74 Å². The summed E-state index contributed by atoms with van der Waals surface area (Å²) in [5.74, 6) is 0.874. The van der Waals surface area contributed by atoms with Crippen molar-refractivity contribution in [1.82, 2.24) is 15.5 Å². The molecule has 26 heavy (non-hydrogen) atoms. The molecule has 5 heteroatoms. The molecule has 0 saturated carbocycles. The van der Waals surface area contributed by atoms with Crippen LogP contribution in [-0.4, -0.2) is 17.3 Å². The number of H-pyrrole nitrogens is 1. The monoisotopic (exact) mass is 363 g/mol. The predicted molar refractivity (Wildman–Crippen MR) is 108 cm³/mol. The van der Waals surface area contributed by atoms with Crippen LogP contribution in [0.25, 0.3) is 22.0 Å². The number of hydrogen-bond donors (Lipinski definition) is 2. The number of nitrogens with one attached hydrogen (secondary N) is 2. The van der Waals surface area contributed by atoms with Gasteiger partial charge >= 0.3 is 0 Å². The molecule has 0 aliphatic rings. The Morgan fingerprint density at radius 2 is 2.00 bits per heavy atom. The number of fused-ring (bicyclic) bond motifs is 1. The van der Waals surface area contributed by atoms with E-state index in [2.05, 4.69) is 70.3 Å². The molecule has 0 fully saturated rings. The highest BCUT2D eigenvalue weighted by atomic mass is 32.1. The third-order valence-electron chi connectivity index (χ3n) is 4.62. The molecule has 0 radical (unpaired) electrons. The maximum atomic E-state index is 5.31. The molecule has 1 unspecified atom stereocenters. The SMILES string of the molecule is COc1ccc2cc(-c3[nH]ncc3CNC(C)c3cccs3)ccc2c1. The van der Waals surface area contributed by atoms with Crippen molar-refractivity contribution < 1.29 is 4.74 Å². The van der Waals surface area contributed by atoms with E-state index < -0.39 is 0 Å². The van der Waals surface area contributed by atoms with Gasteiger partial charge in [-0.2, -0.15) is 5.10 Å². The van der Waals surface area contributed by atoms with Crippen LogP contribution in [0.3, 0.4) is 0 Å². The van der Waals surface area contributed by atoms with Gasteiger partial charge in [-0.05, 0) is 47.3 Å². The minimum Gasteiger partial charge on any atom is -0.497 e. The number of benzene rings is 2. The van der Waals surface area contributed by atoms with Gasteiger partial charge in [0.2, 0.25) is 0 Å². The summed E-state index contributed by atoms with van der Waals surface area (Å²) in [7, 11) is 1.69. The highest BCUT2D eigenvalue weighted by molar-refractivity contribution is 7.10. The average Bonchev–Trinajstić information content (AvgIpc) is 3.37. The van der Waals surface area contributed by atoms with Crippen LogP contribution in [0.2, 0.25) is 0 Å². The molecular formula is C21H21N3OS. The largest absolute Gasteiger partial charge is 0.497 e. The Hall–Kier alpha value is -2.63. The maximum absolute atomic E-state index is 5.31. The Morgan fingerprint density at radius 3 is 2.81 bits per heavy atom. The fourth-order valence-corrected chi connectivity index (χ4v) is 3.86. The van der Waals surface area contributed by atoms with Crippen LogP contribution in [0.1, 0.15) is 23.4 Å². The van der Waals surface area contributed by atoms with Gasteiger partial charge in [0, 0.05) is 28.6 Å². The van der Waals surface area contributed by atoms with E-state index in [1.165, 1.54) is 21.2 Å². The summed E-state index contributed by atoms with van der Waals surface area (Å²) in [4.78, 5) is 1.34. The molecule has 0 amide bonds. The quantitative estimate of drug-likeness (QED) is 0.498. The van der Waals surface area contributed by atoms with Gasteiger partial charge in [-0.1, -0.05) is 24.3 Å². The normalized spacial score (nSPS) is 12.4. The maximum Gasteiger partial charge on any atom is 0.119 e. The van der Waals surface area contributed by atoms with Crippen molar-refractivity contribution in [3.63, 3.8) is 0 Å². The molecule has 4 nitrogen and oxygen atoms in total. The lowest BCUT2D eigenvalue weighted by Crippen LogP contribution is -2.17. The fourth-order valence-electron chi connectivity index (χ4n) is 3.10. The van der Waals surface area contributed by atoms with Gasteiger partial charge in [-0.3, -0.25) is 5.10 Å². The zero-order chi connectivity index (χ0) is 17.9. The van der Waals surface area contributed by atoms with Crippen LogP contribution in [-0.2, 0) is 6.54 Å². The average molecular weight is 363 g/mol. The molecule has 4 rings (SSSR count). The molecule has 2 N–H and O–H groups in total. The highest BCUT2D eigenvalue weighted by Gasteiger charge is 2.11. The summed E-state index contributed by atoms with van der Waals surface area (Å²) in [5.41, 5.74) is 3.37. The molecule has 0 spiro atoms. The van der Waals surface area contributed by atoms with Gasteiger partial charge < -0.3 is 10.1 Å². The van der Waals surface area contributed by atoms with Gasteiger partial charge in [0.05, 0.1) is 19.0 Å². The summed E-state index contributed by atoms with van der Waals surface area (Å²) in [6, 6.07) is 17.1. The lowest BCUT2D eigenvalue weighted by molar-refractivity contribution is 0.415. The number of hydrogen-bond acceptors (Lipinski definition) is 4.